The lowest BCUT2D eigenvalue weighted by Crippen LogP contribution is -2.19. The van der Waals surface area contributed by atoms with E-state index in [-0.39, 0.29) is 11.9 Å². The van der Waals surface area contributed by atoms with Crippen LogP contribution in [-0.4, -0.2) is 4.98 Å². The van der Waals surface area contributed by atoms with Crippen molar-refractivity contribution in [2.24, 2.45) is 0 Å². The highest BCUT2D eigenvalue weighted by atomic mass is 35.5. The maximum atomic E-state index is 13.5. The molecule has 0 aliphatic carbocycles. The Balaban J connectivity index is 1.99. The van der Waals surface area contributed by atoms with Crippen LogP contribution in [0.4, 0.5) is 4.39 Å². The molecule has 0 amide bonds. The number of hydrogen-bond acceptors (Lipinski definition) is 3. The Labute approximate surface area is 110 Å². The number of nitrogens with zero attached hydrogens (tertiary/aromatic N) is 1. The van der Waals surface area contributed by atoms with Crippen LogP contribution in [0.25, 0.3) is 0 Å². The Morgan fingerprint density at radius 1 is 1.50 bits per heavy atom. The second kappa shape index (κ2) is 5.50. The lowest BCUT2D eigenvalue weighted by molar-refractivity contribution is 0.400. The van der Waals surface area contributed by atoms with Gasteiger partial charge in [-0.2, -0.15) is 0 Å². The van der Waals surface area contributed by atoms with E-state index in [1.165, 1.54) is 6.07 Å². The number of halogens is 2. The van der Waals surface area contributed by atoms with E-state index in [2.05, 4.69) is 10.3 Å². The van der Waals surface area contributed by atoms with E-state index in [9.17, 15) is 4.39 Å². The predicted octanol–water partition coefficient (Wildman–Crippen LogP) is 3.63. The van der Waals surface area contributed by atoms with Gasteiger partial charge in [0, 0.05) is 17.1 Å². The lowest BCUT2D eigenvalue weighted by atomic mass is 10.2. The molecule has 18 heavy (non-hydrogen) atoms. The summed E-state index contributed by atoms with van der Waals surface area (Å²) in [5, 5.41) is 3.55. The van der Waals surface area contributed by atoms with E-state index in [0.29, 0.717) is 23.0 Å². The van der Waals surface area contributed by atoms with Crippen LogP contribution >= 0.6 is 11.6 Å². The standard InChI is InChI=1S/C13H14ClFN2O/c1-8-6-17-13(18-8)9(2)16-7-10-3-4-11(14)5-12(10)15/h3-6,9,16H,7H2,1-2H3. The van der Waals surface area contributed by atoms with Gasteiger partial charge in [-0.05, 0) is 26.0 Å². The average molecular weight is 269 g/mol. The van der Waals surface area contributed by atoms with Crippen LogP contribution < -0.4 is 5.32 Å². The molecular formula is C13H14ClFN2O. The van der Waals surface area contributed by atoms with Gasteiger partial charge in [-0.15, -0.1) is 0 Å². The molecule has 1 aromatic heterocycles. The summed E-state index contributed by atoms with van der Waals surface area (Å²) in [6.45, 7) is 4.15. The molecule has 0 bridgehead atoms. The summed E-state index contributed by atoms with van der Waals surface area (Å²) in [7, 11) is 0. The molecule has 0 saturated carbocycles. The minimum atomic E-state index is -0.314. The highest BCUT2D eigenvalue weighted by molar-refractivity contribution is 6.30. The van der Waals surface area contributed by atoms with Gasteiger partial charge in [0.15, 0.2) is 0 Å². The second-order valence-corrected chi connectivity index (χ2v) is 4.58. The zero-order chi connectivity index (χ0) is 13.1. The third kappa shape index (κ3) is 3.09. The van der Waals surface area contributed by atoms with E-state index in [0.717, 1.165) is 5.76 Å². The first-order valence-electron chi connectivity index (χ1n) is 5.66. The van der Waals surface area contributed by atoms with Crippen molar-refractivity contribution in [3.8, 4) is 0 Å². The van der Waals surface area contributed by atoms with E-state index in [1.807, 2.05) is 13.8 Å². The Morgan fingerprint density at radius 2 is 2.28 bits per heavy atom. The van der Waals surface area contributed by atoms with Gasteiger partial charge < -0.3 is 9.73 Å². The molecule has 2 aromatic rings. The van der Waals surface area contributed by atoms with Crippen molar-refractivity contribution in [1.82, 2.24) is 10.3 Å². The number of hydrogen-bond donors (Lipinski definition) is 1. The van der Waals surface area contributed by atoms with Crippen molar-refractivity contribution in [1.29, 1.82) is 0 Å². The zero-order valence-electron chi connectivity index (χ0n) is 10.2. The van der Waals surface area contributed by atoms with Gasteiger partial charge in [-0.1, -0.05) is 17.7 Å². The van der Waals surface area contributed by atoms with Crippen LogP contribution in [0.1, 0.15) is 30.2 Å². The van der Waals surface area contributed by atoms with Crippen molar-refractivity contribution < 1.29 is 8.81 Å². The van der Waals surface area contributed by atoms with E-state index in [4.69, 9.17) is 16.0 Å². The molecule has 96 valence electrons. The number of oxazole rings is 1. The molecule has 5 heteroatoms. The van der Waals surface area contributed by atoms with Crippen molar-refractivity contribution in [2.75, 3.05) is 0 Å². The van der Waals surface area contributed by atoms with Gasteiger partial charge in [0.25, 0.3) is 0 Å². The van der Waals surface area contributed by atoms with Crippen molar-refractivity contribution in [3.05, 3.63) is 52.5 Å². The molecule has 0 spiro atoms. The number of benzene rings is 1. The fourth-order valence-electron chi connectivity index (χ4n) is 1.59. The van der Waals surface area contributed by atoms with Crippen LogP contribution in [-0.2, 0) is 6.54 Å². The smallest absolute Gasteiger partial charge is 0.211 e. The van der Waals surface area contributed by atoms with Gasteiger partial charge in [0.05, 0.1) is 12.2 Å². The SMILES string of the molecule is Cc1cnc(C(C)NCc2ccc(Cl)cc2F)o1. The summed E-state index contributed by atoms with van der Waals surface area (Å²) >= 11 is 5.69. The first kappa shape index (κ1) is 13.1. The summed E-state index contributed by atoms with van der Waals surface area (Å²) in [6.07, 6.45) is 1.66. The normalized spacial score (nSPS) is 12.7. The van der Waals surface area contributed by atoms with Crippen molar-refractivity contribution >= 4 is 11.6 Å². The molecule has 0 fully saturated rings. The molecule has 0 aliphatic rings. The fourth-order valence-corrected chi connectivity index (χ4v) is 1.75. The van der Waals surface area contributed by atoms with Gasteiger partial charge in [-0.25, -0.2) is 9.37 Å². The largest absolute Gasteiger partial charge is 0.444 e. The number of nitrogens with one attached hydrogen (secondary N) is 1. The lowest BCUT2D eigenvalue weighted by Gasteiger charge is -2.11. The first-order valence-corrected chi connectivity index (χ1v) is 6.03. The molecular weight excluding hydrogens is 255 g/mol. The third-order valence-corrected chi connectivity index (χ3v) is 2.86. The summed E-state index contributed by atoms with van der Waals surface area (Å²) in [5.41, 5.74) is 0.564. The van der Waals surface area contributed by atoms with E-state index < -0.39 is 0 Å². The molecule has 1 heterocycles. The summed E-state index contributed by atoms with van der Waals surface area (Å²) in [5.74, 6) is 1.05. The quantitative estimate of drug-likeness (QED) is 0.920. The molecule has 1 aromatic carbocycles. The van der Waals surface area contributed by atoms with Crippen LogP contribution in [0.15, 0.2) is 28.8 Å². The minimum absolute atomic E-state index is 0.0752. The van der Waals surface area contributed by atoms with Crippen LogP contribution in [0.5, 0.6) is 0 Å². The monoisotopic (exact) mass is 268 g/mol. The minimum Gasteiger partial charge on any atom is -0.444 e. The van der Waals surface area contributed by atoms with Gasteiger partial charge in [0.1, 0.15) is 11.6 Å². The Morgan fingerprint density at radius 3 is 2.89 bits per heavy atom. The zero-order valence-corrected chi connectivity index (χ0v) is 11.0. The number of rotatable bonds is 4. The Kier molecular flexibility index (Phi) is 3.99. The predicted molar refractivity (Wildman–Crippen MR) is 67.9 cm³/mol. The summed E-state index contributed by atoms with van der Waals surface area (Å²) < 4.78 is 18.9. The van der Waals surface area contributed by atoms with E-state index >= 15 is 0 Å². The molecule has 1 unspecified atom stereocenters. The second-order valence-electron chi connectivity index (χ2n) is 4.15. The average Bonchev–Trinajstić information content (AvgIpc) is 2.74. The van der Waals surface area contributed by atoms with Crippen LogP contribution in [0.3, 0.4) is 0 Å². The van der Waals surface area contributed by atoms with Crippen LogP contribution in [0.2, 0.25) is 5.02 Å². The molecule has 1 atom stereocenters. The van der Waals surface area contributed by atoms with E-state index in [1.54, 1.807) is 18.3 Å². The molecule has 0 aliphatic heterocycles. The first-order chi connectivity index (χ1) is 8.56. The van der Waals surface area contributed by atoms with Gasteiger partial charge >= 0.3 is 0 Å². The maximum absolute atomic E-state index is 13.5. The van der Waals surface area contributed by atoms with Gasteiger partial charge in [-0.3, -0.25) is 0 Å². The molecule has 1 N–H and O–H groups in total. The summed E-state index contributed by atoms with van der Waals surface area (Å²) in [6, 6.07) is 4.56. The van der Waals surface area contributed by atoms with Crippen LogP contribution in [0, 0.1) is 12.7 Å². The number of aromatic nitrogens is 1. The molecule has 0 radical (unpaired) electrons. The summed E-state index contributed by atoms with van der Waals surface area (Å²) in [4.78, 5) is 4.12. The van der Waals surface area contributed by atoms with Gasteiger partial charge in [0.2, 0.25) is 5.89 Å². The highest BCUT2D eigenvalue weighted by Gasteiger charge is 2.11. The van der Waals surface area contributed by atoms with Crippen molar-refractivity contribution in [2.45, 2.75) is 26.4 Å². The molecule has 2 rings (SSSR count). The Bertz CT molecular complexity index is 542. The topological polar surface area (TPSA) is 38.1 Å². The number of aryl methyl sites for hydroxylation is 1. The Hall–Kier alpha value is -1.39. The highest BCUT2D eigenvalue weighted by Crippen LogP contribution is 2.16. The third-order valence-electron chi connectivity index (χ3n) is 2.62. The molecule has 0 saturated heterocycles. The molecule has 3 nitrogen and oxygen atoms in total. The van der Waals surface area contributed by atoms with Crippen molar-refractivity contribution in [3.63, 3.8) is 0 Å². The fraction of sp³-hybridized carbons (Fsp3) is 0.308. The maximum Gasteiger partial charge on any atom is 0.211 e.